The van der Waals surface area contributed by atoms with Crippen molar-refractivity contribution in [1.29, 1.82) is 0 Å². The highest BCUT2D eigenvalue weighted by Crippen LogP contribution is 2.24. The van der Waals surface area contributed by atoms with E-state index in [0.29, 0.717) is 17.4 Å². The number of rotatable bonds is 3. The van der Waals surface area contributed by atoms with Gasteiger partial charge in [-0.05, 0) is 18.4 Å². The molecular weight excluding hydrogens is 228 g/mol. The van der Waals surface area contributed by atoms with Gasteiger partial charge in [-0.1, -0.05) is 38.1 Å². The van der Waals surface area contributed by atoms with Crippen molar-refractivity contribution in [3.8, 4) is 11.3 Å². The number of carboxylic acid groups (broad SMARTS) is 1. The van der Waals surface area contributed by atoms with Gasteiger partial charge in [0.25, 0.3) is 0 Å². The minimum Gasteiger partial charge on any atom is -0.477 e. The van der Waals surface area contributed by atoms with E-state index in [1.165, 1.54) is 5.56 Å². The Morgan fingerprint density at radius 2 is 1.89 bits per heavy atom. The van der Waals surface area contributed by atoms with Crippen molar-refractivity contribution < 1.29 is 9.90 Å². The normalized spacial score (nSPS) is 10.9. The number of carbonyl (C=O) groups is 1. The lowest BCUT2D eigenvalue weighted by Gasteiger charge is -2.06. The lowest BCUT2D eigenvalue weighted by molar-refractivity contribution is 0.0692. The molecule has 0 unspecified atom stereocenters. The number of H-pyrrole nitrogens is 1. The van der Waals surface area contributed by atoms with Crippen molar-refractivity contribution in [1.82, 2.24) is 9.97 Å². The van der Waals surface area contributed by atoms with Crippen LogP contribution in [-0.2, 0) is 0 Å². The third-order valence-corrected chi connectivity index (χ3v) is 2.89. The van der Waals surface area contributed by atoms with E-state index in [2.05, 4.69) is 23.8 Å². The minimum absolute atomic E-state index is 0.143. The predicted octanol–water partition coefficient (Wildman–Crippen LogP) is 3.21. The van der Waals surface area contributed by atoms with Crippen molar-refractivity contribution >= 4 is 5.97 Å². The Bertz CT molecular complexity index is 568. The maximum atomic E-state index is 11.1. The van der Waals surface area contributed by atoms with Crippen LogP contribution in [0, 0.1) is 6.92 Å². The number of imidazole rings is 1. The van der Waals surface area contributed by atoms with E-state index in [0.717, 1.165) is 5.56 Å². The van der Waals surface area contributed by atoms with Crippen LogP contribution < -0.4 is 0 Å². The Morgan fingerprint density at radius 3 is 2.39 bits per heavy atom. The van der Waals surface area contributed by atoms with E-state index < -0.39 is 5.97 Å². The molecule has 0 spiro atoms. The van der Waals surface area contributed by atoms with Crippen LogP contribution in [0.5, 0.6) is 0 Å². The summed E-state index contributed by atoms with van der Waals surface area (Å²) in [6.07, 6.45) is 0. The zero-order chi connectivity index (χ0) is 13.3. The molecule has 1 aromatic carbocycles. The fourth-order valence-corrected chi connectivity index (χ4v) is 1.88. The number of carboxylic acids is 1. The van der Waals surface area contributed by atoms with Crippen LogP contribution >= 0.6 is 0 Å². The highest BCUT2D eigenvalue weighted by atomic mass is 16.4. The lowest BCUT2D eigenvalue weighted by atomic mass is 10.0. The fourth-order valence-electron chi connectivity index (χ4n) is 1.88. The first-order valence-electron chi connectivity index (χ1n) is 5.89. The van der Waals surface area contributed by atoms with Crippen molar-refractivity contribution in [3.05, 3.63) is 41.3 Å². The largest absolute Gasteiger partial charge is 0.477 e. The smallest absolute Gasteiger partial charge is 0.354 e. The summed E-state index contributed by atoms with van der Waals surface area (Å²) in [6.45, 7) is 5.99. The van der Waals surface area contributed by atoms with Gasteiger partial charge in [0.05, 0.1) is 0 Å². The van der Waals surface area contributed by atoms with Crippen molar-refractivity contribution in [3.63, 3.8) is 0 Å². The maximum absolute atomic E-state index is 11.1. The number of aromatic carboxylic acids is 1. The molecule has 0 aliphatic carbocycles. The van der Waals surface area contributed by atoms with Crippen molar-refractivity contribution in [2.24, 2.45) is 0 Å². The Morgan fingerprint density at radius 1 is 1.28 bits per heavy atom. The van der Waals surface area contributed by atoms with Gasteiger partial charge in [-0.3, -0.25) is 0 Å². The first-order chi connectivity index (χ1) is 8.49. The molecule has 0 bridgehead atoms. The van der Waals surface area contributed by atoms with Gasteiger partial charge in [-0.15, -0.1) is 0 Å². The van der Waals surface area contributed by atoms with Crippen LogP contribution in [0.4, 0.5) is 0 Å². The Labute approximate surface area is 106 Å². The highest BCUT2D eigenvalue weighted by molar-refractivity contribution is 5.92. The van der Waals surface area contributed by atoms with Gasteiger partial charge in [0.15, 0.2) is 5.69 Å². The van der Waals surface area contributed by atoms with Crippen LogP contribution in [0.25, 0.3) is 11.3 Å². The SMILES string of the molecule is Cc1nc(-c2ccc(C(C)C)cc2)c(C(=O)O)[nH]1. The molecule has 18 heavy (non-hydrogen) atoms. The molecule has 2 rings (SSSR count). The molecule has 94 valence electrons. The average Bonchev–Trinajstić information content (AvgIpc) is 2.71. The fraction of sp³-hybridized carbons (Fsp3) is 0.286. The summed E-state index contributed by atoms with van der Waals surface area (Å²) in [4.78, 5) is 18.1. The summed E-state index contributed by atoms with van der Waals surface area (Å²) < 4.78 is 0. The second-order valence-corrected chi connectivity index (χ2v) is 4.63. The molecule has 1 heterocycles. The van der Waals surface area contributed by atoms with Crippen LogP contribution in [0.15, 0.2) is 24.3 Å². The number of hydrogen-bond acceptors (Lipinski definition) is 2. The molecule has 0 amide bonds. The number of aromatic amines is 1. The summed E-state index contributed by atoms with van der Waals surface area (Å²) in [6, 6.07) is 7.85. The van der Waals surface area contributed by atoms with E-state index in [9.17, 15) is 4.79 Å². The molecular formula is C14H16N2O2. The molecule has 0 atom stereocenters. The zero-order valence-electron chi connectivity index (χ0n) is 10.7. The first kappa shape index (κ1) is 12.4. The van der Waals surface area contributed by atoms with E-state index in [1.54, 1.807) is 6.92 Å². The summed E-state index contributed by atoms with van der Waals surface area (Å²) >= 11 is 0. The zero-order valence-corrected chi connectivity index (χ0v) is 10.7. The molecule has 4 nitrogen and oxygen atoms in total. The topological polar surface area (TPSA) is 66.0 Å². The summed E-state index contributed by atoms with van der Waals surface area (Å²) in [5, 5.41) is 9.11. The van der Waals surface area contributed by atoms with E-state index in [-0.39, 0.29) is 5.69 Å². The number of nitrogens with one attached hydrogen (secondary N) is 1. The Balaban J connectivity index is 2.45. The van der Waals surface area contributed by atoms with E-state index in [4.69, 9.17) is 5.11 Å². The molecule has 0 aliphatic rings. The standard InChI is InChI=1S/C14H16N2O2/c1-8(2)10-4-6-11(7-5-10)12-13(14(17)18)16-9(3)15-12/h4-8H,1-3H3,(H,15,16)(H,17,18). The number of benzene rings is 1. The highest BCUT2D eigenvalue weighted by Gasteiger charge is 2.16. The maximum Gasteiger partial charge on any atom is 0.354 e. The summed E-state index contributed by atoms with van der Waals surface area (Å²) in [7, 11) is 0. The lowest BCUT2D eigenvalue weighted by Crippen LogP contribution is -1.99. The number of aryl methyl sites for hydroxylation is 1. The summed E-state index contributed by atoms with van der Waals surface area (Å²) in [5.74, 6) is 0.0767. The number of hydrogen-bond donors (Lipinski definition) is 2. The van der Waals surface area contributed by atoms with Gasteiger partial charge in [0.2, 0.25) is 0 Å². The third-order valence-electron chi connectivity index (χ3n) is 2.89. The molecule has 1 aromatic heterocycles. The van der Waals surface area contributed by atoms with Gasteiger partial charge >= 0.3 is 5.97 Å². The number of nitrogens with zero attached hydrogens (tertiary/aromatic N) is 1. The van der Waals surface area contributed by atoms with Gasteiger partial charge < -0.3 is 10.1 Å². The molecule has 2 N–H and O–H groups in total. The van der Waals surface area contributed by atoms with Crippen LogP contribution in [0.2, 0.25) is 0 Å². The van der Waals surface area contributed by atoms with Gasteiger partial charge in [-0.2, -0.15) is 0 Å². The van der Waals surface area contributed by atoms with Gasteiger partial charge in [0, 0.05) is 5.56 Å². The summed E-state index contributed by atoms with van der Waals surface area (Å²) in [5.41, 5.74) is 2.68. The molecule has 4 heteroatoms. The molecule has 0 saturated heterocycles. The second-order valence-electron chi connectivity index (χ2n) is 4.63. The monoisotopic (exact) mass is 244 g/mol. The predicted molar refractivity (Wildman–Crippen MR) is 69.8 cm³/mol. The third kappa shape index (κ3) is 2.27. The molecule has 0 radical (unpaired) electrons. The molecule has 2 aromatic rings. The van der Waals surface area contributed by atoms with E-state index >= 15 is 0 Å². The number of aromatic nitrogens is 2. The van der Waals surface area contributed by atoms with E-state index in [1.807, 2.05) is 24.3 Å². The van der Waals surface area contributed by atoms with Crippen LogP contribution in [0.3, 0.4) is 0 Å². The molecule has 0 fully saturated rings. The van der Waals surface area contributed by atoms with Crippen molar-refractivity contribution in [2.45, 2.75) is 26.7 Å². The average molecular weight is 244 g/mol. The van der Waals surface area contributed by atoms with Crippen LogP contribution in [-0.4, -0.2) is 21.0 Å². The first-order valence-corrected chi connectivity index (χ1v) is 5.89. The van der Waals surface area contributed by atoms with Gasteiger partial charge in [0.1, 0.15) is 11.5 Å². The molecule has 0 saturated carbocycles. The van der Waals surface area contributed by atoms with Crippen LogP contribution in [0.1, 0.15) is 41.6 Å². The Hall–Kier alpha value is -2.10. The Kier molecular flexibility index (Phi) is 3.19. The van der Waals surface area contributed by atoms with Gasteiger partial charge in [-0.25, -0.2) is 9.78 Å². The molecule has 0 aliphatic heterocycles. The van der Waals surface area contributed by atoms with Crippen molar-refractivity contribution in [2.75, 3.05) is 0 Å². The second kappa shape index (κ2) is 4.64. The minimum atomic E-state index is -0.987. The quantitative estimate of drug-likeness (QED) is 0.871.